The maximum Gasteiger partial charge on any atom is 0.303 e. The highest BCUT2D eigenvalue weighted by Gasteiger charge is 2.68. The summed E-state index contributed by atoms with van der Waals surface area (Å²) in [6.45, 7) is 7.27. The molecule has 0 amide bonds. The van der Waals surface area contributed by atoms with Crippen molar-refractivity contribution in [2.45, 2.75) is 59.0 Å². The first kappa shape index (κ1) is 19.3. The summed E-state index contributed by atoms with van der Waals surface area (Å²) in [5.41, 5.74) is 0.562. The summed E-state index contributed by atoms with van der Waals surface area (Å²) >= 11 is 6.76. The quantitative estimate of drug-likeness (QED) is 0.492. The molecule has 0 aromatic heterocycles. The van der Waals surface area contributed by atoms with Crippen molar-refractivity contribution in [3.63, 3.8) is 0 Å². The third-order valence-corrected chi connectivity index (χ3v) is 9.23. The normalized spacial score (nSPS) is 46.9. The maximum atomic E-state index is 12.8. The number of rotatable bonds is 2. The highest BCUT2D eigenvalue weighted by Crippen LogP contribution is 2.70. The summed E-state index contributed by atoms with van der Waals surface area (Å²) in [6, 6.07) is 0. The molecule has 0 N–H and O–H groups in total. The Kier molecular flexibility index (Phi) is 3.80. The van der Waals surface area contributed by atoms with Gasteiger partial charge in [-0.05, 0) is 56.1 Å². The predicted molar refractivity (Wildman–Crippen MR) is 109 cm³/mol. The summed E-state index contributed by atoms with van der Waals surface area (Å²) in [4.78, 5) is 37.1. The third kappa shape index (κ3) is 2.19. The summed E-state index contributed by atoms with van der Waals surface area (Å²) in [7, 11) is 0. The lowest BCUT2D eigenvalue weighted by Crippen LogP contribution is -2.56. The Bertz CT molecular complexity index is 958. The van der Waals surface area contributed by atoms with Crippen molar-refractivity contribution in [1.82, 2.24) is 0 Å². The Morgan fingerprint density at radius 1 is 1.21 bits per heavy atom. The third-order valence-electron chi connectivity index (χ3n) is 8.90. The molecule has 0 unspecified atom stereocenters. The van der Waals surface area contributed by atoms with E-state index in [0.717, 1.165) is 18.4 Å². The summed E-state index contributed by atoms with van der Waals surface area (Å²) in [5.74, 6) is 0.461. The molecule has 7 atom stereocenters. The Hall–Kier alpha value is -1.68. The molecule has 2 saturated carbocycles. The van der Waals surface area contributed by atoms with Crippen molar-refractivity contribution in [3.05, 3.63) is 34.4 Å². The number of esters is 1. The van der Waals surface area contributed by atoms with Gasteiger partial charge in [0.15, 0.2) is 17.2 Å². The van der Waals surface area contributed by atoms with Crippen LogP contribution in [-0.4, -0.2) is 23.1 Å². The molecule has 0 aliphatic heterocycles. The average Bonchev–Trinajstić information content (AvgIpc) is 3.39. The molecule has 5 aliphatic rings. The highest BCUT2D eigenvalue weighted by molar-refractivity contribution is 6.33. The van der Waals surface area contributed by atoms with Gasteiger partial charge in [0.25, 0.3) is 0 Å². The molecule has 0 aromatic carbocycles. The van der Waals surface area contributed by atoms with Crippen molar-refractivity contribution >= 4 is 29.1 Å². The van der Waals surface area contributed by atoms with E-state index in [4.69, 9.17) is 16.3 Å². The van der Waals surface area contributed by atoms with Gasteiger partial charge in [-0.3, -0.25) is 14.4 Å². The zero-order valence-electron chi connectivity index (χ0n) is 17.4. The van der Waals surface area contributed by atoms with E-state index in [-0.39, 0.29) is 34.7 Å². The van der Waals surface area contributed by atoms with Crippen molar-refractivity contribution in [2.24, 2.45) is 34.5 Å². The molecule has 5 rings (SSSR count). The molecule has 0 spiro atoms. The van der Waals surface area contributed by atoms with E-state index in [9.17, 15) is 14.4 Å². The van der Waals surface area contributed by atoms with Gasteiger partial charge in [-0.25, -0.2) is 0 Å². The number of hydrogen-bond acceptors (Lipinski definition) is 4. The van der Waals surface area contributed by atoms with Crippen LogP contribution in [0.3, 0.4) is 0 Å². The SMILES string of the molecule is CC(=O)O[C@]1(C(C)=O)CC[C@H]2[C@@H]3C=C(Cl)C4=CC(=O)[C@@H]5C[C@@H]5[C@]4(C)C3=CC[C@@]21C. The molecule has 5 heteroatoms. The van der Waals surface area contributed by atoms with Crippen molar-refractivity contribution in [3.8, 4) is 0 Å². The molecule has 4 nitrogen and oxygen atoms in total. The Morgan fingerprint density at radius 2 is 1.93 bits per heavy atom. The van der Waals surface area contributed by atoms with Gasteiger partial charge in [0, 0.05) is 34.6 Å². The standard InChI is InChI=1S/C24H27ClO4/c1-12(26)24(29-13(2)27)8-6-16-14-10-20(25)19-11-21(28)15-9-18(15)23(19,4)17(14)5-7-22(16,24)3/h5,10-11,14-16,18H,6-9H2,1-4H3/t14-,15+,16-,18-,22-,23-,24-/m0/s1. The van der Waals surface area contributed by atoms with Crippen LogP contribution in [0.5, 0.6) is 0 Å². The fourth-order valence-corrected chi connectivity index (χ4v) is 7.72. The number of allylic oxidation sites excluding steroid dienone is 6. The minimum Gasteiger partial charge on any atom is -0.451 e. The Labute approximate surface area is 176 Å². The van der Waals surface area contributed by atoms with Gasteiger partial charge < -0.3 is 4.74 Å². The number of carbonyl (C=O) groups excluding carboxylic acids is 3. The van der Waals surface area contributed by atoms with Gasteiger partial charge in [0.05, 0.1) is 0 Å². The second-order valence-electron chi connectivity index (χ2n) is 10.1. The number of Topliss-reactive ketones (excluding diaryl/α,β-unsaturated/α-hetero) is 1. The van der Waals surface area contributed by atoms with Crippen molar-refractivity contribution in [1.29, 1.82) is 0 Å². The van der Waals surface area contributed by atoms with Crippen LogP contribution in [0, 0.1) is 34.5 Å². The van der Waals surface area contributed by atoms with E-state index in [2.05, 4.69) is 26.0 Å². The number of carbonyl (C=O) groups is 3. The van der Waals surface area contributed by atoms with Crippen molar-refractivity contribution < 1.29 is 19.1 Å². The fourth-order valence-electron chi connectivity index (χ4n) is 7.34. The molecule has 29 heavy (non-hydrogen) atoms. The van der Waals surface area contributed by atoms with Crippen LogP contribution in [0.2, 0.25) is 0 Å². The van der Waals surface area contributed by atoms with Gasteiger partial charge in [-0.2, -0.15) is 0 Å². The van der Waals surface area contributed by atoms with E-state index < -0.39 is 17.0 Å². The van der Waals surface area contributed by atoms with Crippen LogP contribution in [0.4, 0.5) is 0 Å². The lowest BCUT2D eigenvalue weighted by atomic mass is 9.52. The molecule has 2 fully saturated rings. The number of ketones is 2. The first-order chi connectivity index (χ1) is 13.6. The van der Waals surface area contributed by atoms with Crippen LogP contribution >= 0.6 is 11.6 Å². The largest absolute Gasteiger partial charge is 0.451 e. The number of halogens is 1. The maximum absolute atomic E-state index is 12.8. The average molecular weight is 415 g/mol. The minimum absolute atomic E-state index is 0.0715. The predicted octanol–water partition coefficient (Wildman–Crippen LogP) is 4.53. The molecular weight excluding hydrogens is 388 g/mol. The first-order valence-electron chi connectivity index (χ1n) is 10.6. The van der Waals surface area contributed by atoms with Gasteiger partial charge in [-0.1, -0.05) is 43.2 Å². The van der Waals surface area contributed by atoms with E-state index in [0.29, 0.717) is 23.8 Å². The number of hydrogen-bond donors (Lipinski definition) is 0. The van der Waals surface area contributed by atoms with Crippen LogP contribution < -0.4 is 0 Å². The zero-order valence-corrected chi connectivity index (χ0v) is 18.1. The lowest BCUT2D eigenvalue weighted by Gasteiger charge is -2.53. The van der Waals surface area contributed by atoms with Crippen LogP contribution in [-0.2, 0) is 19.1 Å². The summed E-state index contributed by atoms with van der Waals surface area (Å²) < 4.78 is 5.79. The van der Waals surface area contributed by atoms with E-state index in [1.165, 1.54) is 12.5 Å². The van der Waals surface area contributed by atoms with Crippen LogP contribution in [0.15, 0.2) is 34.4 Å². The molecule has 5 aliphatic carbocycles. The number of fused-ring (bicyclic) bond motifs is 7. The van der Waals surface area contributed by atoms with Crippen molar-refractivity contribution in [2.75, 3.05) is 0 Å². The zero-order chi connectivity index (χ0) is 20.9. The fraction of sp³-hybridized carbons (Fsp3) is 0.625. The molecule has 0 radical (unpaired) electrons. The van der Waals surface area contributed by atoms with Gasteiger partial charge in [0.2, 0.25) is 0 Å². The topological polar surface area (TPSA) is 60.4 Å². The second kappa shape index (κ2) is 5.72. The highest BCUT2D eigenvalue weighted by atomic mass is 35.5. The minimum atomic E-state index is -1.08. The van der Waals surface area contributed by atoms with E-state index >= 15 is 0 Å². The van der Waals surface area contributed by atoms with Gasteiger partial charge in [-0.15, -0.1) is 0 Å². The molecule has 0 heterocycles. The smallest absolute Gasteiger partial charge is 0.303 e. The first-order valence-corrected chi connectivity index (χ1v) is 11.0. The van der Waals surface area contributed by atoms with Gasteiger partial charge >= 0.3 is 5.97 Å². The Morgan fingerprint density at radius 3 is 2.59 bits per heavy atom. The molecule has 0 bridgehead atoms. The van der Waals surface area contributed by atoms with Crippen LogP contribution in [0.1, 0.15) is 53.4 Å². The monoisotopic (exact) mass is 414 g/mol. The summed E-state index contributed by atoms with van der Waals surface area (Å²) in [5, 5.41) is 0.672. The van der Waals surface area contributed by atoms with E-state index in [1.54, 1.807) is 13.0 Å². The second-order valence-corrected chi connectivity index (χ2v) is 10.5. The molecule has 0 aromatic rings. The lowest BCUT2D eigenvalue weighted by molar-refractivity contribution is -0.180. The molecule has 0 saturated heterocycles. The number of ether oxygens (including phenoxy) is 1. The Balaban J connectivity index is 1.64. The van der Waals surface area contributed by atoms with E-state index in [1.807, 2.05) is 0 Å². The summed E-state index contributed by atoms with van der Waals surface area (Å²) in [6.07, 6.45) is 9.11. The molecular formula is C24H27ClO4. The molecule has 154 valence electrons. The van der Waals surface area contributed by atoms with Gasteiger partial charge in [0.1, 0.15) is 0 Å². The van der Waals surface area contributed by atoms with Crippen LogP contribution in [0.25, 0.3) is 0 Å².